The van der Waals surface area contributed by atoms with Crippen molar-refractivity contribution in [1.82, 2.24) is 0 Å². The van der Waals surface area contributed by atoms with Crippen molar-refractivity contribution >= 4 is 23.5 Å². The van der Waals surface area contributed by atoms with Crippen molar-refractivity contribution in [1.29, 1.82) is 0 Å². The molecule has 27 heavy (non-hydrogen) atoms. The number of hydrogen-bond acceptors (Lipinski definition) is 3. The first-order valence-corrected chi connectivity index (χ1v) is 9.27. The second kappa shape index (κ2) is 9.24. The van der Waals surface area contributed by atoms with Crippen LogP contribution in [-0.2, 0) is 6.61 Å². The molecule has 0 saturated carbocycles. The van der Waals surface area contributed by atoms with E-state index in [9.17, 15) is 0 Å². The Kier molecular flexibility index (Phi) is 6.50. The van der Waals surface area contributed by atoms with Gasteiger partial charge in [0.05, 0.1) is 17.3 Å². The van der Waals surface area contributed by atoms with E-state index in [1.165, 1.54) is 5.56 Å². The van der Waals surface area contributed by atoms with Crippen LogP contribution in [0.4, 0.5) is 5.69 Å². The summed E-state index contributed by atoms with van der Waals surface area (Å²) in [6.07, 6.45) is 1.77. The van der Waals surface area contributed by atoms with E-state index in [4.69, 9.17) is 21.1 Å². The summed E-state index contributed by atoms with van der Waals surface area (Å²) in [6, 6.07) is 21.7. The molecule has 0 aliphatic rings. The molecule has 0 spiro atoms. The van der Waals surface area contributed by atoms with E-state index in [1.54, 1.807) is 6.21 Å². The number of benzene rings is 3. The van der Waals surface area contributed by atoms with Crippen molar-refractivity contribution < 1.29 is 9.47 Å². The van der Waals surface area contributed by atoms with Crippen LogP contribution in [0.2, 0.25) is 5.02 Å². The van der Waals surface area contributed by atoms with Gasteiger partial charge in [0.1, 0.15) is 6.61 Å². The number of aryl methyl sites for hydroxylation is 1. The second-order valence-electron chi connectivity index (χ2n) is 6.13. The SMILES string of the molecule is CCOc1cc(C=Nc2ccccc2)cc(Cl)c1OCc1ccc(C)cc1. The maximum absolute atomic E-state index is 6.48. The first kappa shape index (κ1) is 19.0. The summed E-state index contributed by atoms with van der Waals surface area (Å²) in [5.41, 5.74) is 4.03. The van der Waals surface area contributed by atoms with Gasteiger partial charge in [-0.2, -0.15) is 0 Å². The molecule has 3 aromatic carbocycles. The van der Waals surface area contributed by atoms with E-state index in [-0.39, 0.29) is 0 Å². The molecular weight excluding hydrogens is 358 g/mol. The van der Waals surface area contributed by atoms with Gasteiger partial charge in [-0.25, -0.2) is 0 Å². The molecule has 0 aliphatic carbocycles. The Hall–Kier alpha value is -2.78. The molecule has 3 aromatic rings. The predicted octanol–water partition coefficient (Wildman–Crippen LogP) is 6.38. The fourth-order valence-corrected chi connectivity index (χ4v) is 2.84. The number of aliphatic imine (C=N–C) groups is 1. The van der Waals surface area contributed by atoms with Gasteiger partial charge in [0.15, 0.2) is 11.5 Å². The van der Waals surface area contributed by atoms with Gasteiger partial charge in [0.25, 0.3) is 0 Å². The number of hydrogen-bond donors (Lipinski definition) is 0. The average molecular weight is 380 g/mol. The Morgan fingerprint density at radius 2 is 1.70 bits per heavy atom. The number of nitrogens with zero attached hydrogens (tertiary/aromatic N) is 1. The van der Waals surface area contributed by atoms with Crippen LogP contribution in [0.1, 0.15) is 23.6 Å². The van der Waals surface area contributed by atoms with Gasteiger partial charge in [-0.15, -0.1) is 0 Å². The lowest BCUT2D eigenvalue weighted by molar-refractivity contribution is 0.269. The van der Waals surface area contributed by atoms with E-state index in [0.29, 0.717) is 29.7 Å². The summed E-state index contributed by atoms with van der Waals surface area (Å²) < 4.78 is 11.7. The summed E-state index contributed by atoms with van der Waals surface area (Å²) in [5, 5.41) is 0.502. The lowest BCUT2D eigenvalue weighted by Crippen LogP contribution is -2.01. The zero-order valence-corrected chi connectivity index (χ0v) is 16.2. The van der Waals surface area contributed by atoms with Crippen LogP contribution >= 0.6 is 11.6 Å². The predicted molar refractivity (Wildman–Crippen MR) is 112 cm³/mol. The normalized spacial score (nSPS) is 10.9. The molecule has 0 amide bonds. The van der Waals surface area contributed by atoms with E-state index in [2.05, 4.69) is 24.0 Å². The summed E-state index contributed by atoms with van der Waals surface area (Å²) in [4.78, 5) is 4.47. The van der Waals surface area contributed by atoms with E-state index in [1.807, 2.05) is 61.5 Å². The molecule has 3 rings (SSSR count). The molecule has 0 bridgehead atoms. The van der Waals surface area contributed by atoms with Crippen LogP contribution in [0.15, 0.2) is 71.7 Å². The smallest absolute Gasteiger partial charge is 0.180 e. The fourth-order valence-electron chi connectivity index (χ4n) is 2.57. The van der Waals surface area contributed by atoms with Crippen molar-refractivity contribution in [2.45, 2.75) is 20.5 Å². The first-order chi connectivity index (χ1) is 13.2. The van der Waals surface area contributed by atoms with Gasteiger partial charge in [0.2, 0.25) is 0 Å². The topological polar surface area (TPSA) is 30.8 Å². The summed E-state index contributed by atoms with van der Waals surface area (Å²) in [5.74, 6) is 1.17. The van der Waals surface area contributed by atoms with Gasteiger partial charge in [-0.1, -0.05) is 59.6 Å². The molecule has 4 heteroatoms. The van der Waals surface area contributed by atoms with Gasteiger partial charge in [-0.3, -0.25) is 4.99 Å². The quantitative estimate of drug-likeness (QED) is 0.446. The summed E-state index contributed by atoms with van der Waals surface area (Å²) in [7, 11) is 0. The van der Waals surface area contributed by atoms with E-state index < -0.39 is 0 Å². The Morgan fingerprint density at radius 1 is 0.963 bits per heavy atom. The molecule has 0 atom stereocenters. The molecule has 0 fully saturated rings. The molecule has 0 heterocycles. The van der Waals surface area contributed by atoms with Crippen LogP contribution in [0.3, 0.4) is 0 Å². The van der Waals surface area contributed by atoms with Crippen molar-refractivity contribution in [2.24, 2.45) is 4.99 Å². The highest BCUT2D eigenvalue weighted by Gasteiger charge is 2.12. The Labute approximate surface area is 165 Å². The number of halogens is 1. The average Bonchev–Trinajstić information content (AvgIpc) is 2.68. The molecule has 3 nitrogen and oxygen atoms in total. The molecular formula is C23H22ClNO2. The van der Waals surface area contributed by atoms with Gasteiger partial charge in [0, 0.05) is 6.21 Å². The summed E-state index contributed by atoms with van der Waals surface area (Å²) in [6.45, 7) is 4.95. The first-order valence-electron chi connectivity index (χ1n) is 8.89. The van der Waals surface area contributed by atoms with Crippen LogP contribution < -0.4 is 9.47 Å². The van der Waals surface area contributed by atoms with E-state index >= 15 is 0 Å². The Balaban J connectivity index is 1.81. The molecule has 0 aromatic heterocycles. The van der Waals surface area contributed by atoms with Crippen molar-refractivity contribution in [3.8, 4) is 11.5 Å². The largest absolute Gasteiger partial charge is 0.490 e. The molecule has 0 N–H and O–H groups in total. The third-order valence-electron chi connectivity index (χ3n) is 3.95. The lowest BCUT2D eigenvalue weighted by Gasteiger charge is -2.14. The monoisotopic (exact) mass is 379 g/mol. The Morgan fingerprint density at radius 3 is 2.41 bits per heavy atom. The zero-order valence-electron chi connectivity index (χ0n) is 15.5. The van der Waals surface area contributed by atoms with Gasteiger partial charge in [-0.05, 0) is 49.2 Å². The molecule has 0 aliphatic heterocycles. The van der Waals surface area contributed by atoms with Crippen molar-refractivity contribution in [3.05, 3.63) is 88.4 Å². The van der Waals surface area contributed by atoms with Gasteiger partial charge < -0.3 is 9.47 Å². The molecule has 0 radical (unpaired) electrons. The second-order valence-corrected chi connectivity index (χ2v) is 6.54. The molecule has 0 saturated heterocycles. The molecule has 0 unspecified atom stereocenters. The van der Waals surface area contributed by atoms with Crippen LogP contribution in [-0.4, -0.2) is 12.8 Å². The lowest BCUT2D eigenvalue weighted by atomic mass is 10.1. The third kappa shape index (κ3) is 5.35. The zero-order chi connectivity index (χ0) is 19.1. The number of ether oxygens (including phenoxy) is 2. The number of para-hydroxylation sites is 1. The van der Waals surface area contributed by atoms with Crippen molar-refractivity contribution in [2.75, 3.05) is 6.61 Å². The maximum atomic E-state index is 6.48. The van der Waals surface area contributed by atoms with Crippen LogP contribution in [0.25, 0.3) is 0 Å². The minimum absolute atomic E-state index is 0.428. The minimum Gasteiger partial charge on any atom is -0.490 e. The van der Waals surface area contributed by atoms with Crippen LogP contribution in [0.5, 0.6) is 11.5 Å². The van der Waals surface area contributed by atoms with Crippen molar-refractivity contribution in [3.63, 3.8) is 0 Å². The highest BCUT2D eigenvalue weighted by molar-refractivity contribution is 6.32. The summed E-state index contributed by atoms with van der Waals surface area (Å²) >= 11 is 6.48. The Bertz CT molecular complexity index is 906. The molecule has 138 valence electrons. The minimum atomic E-state index is 0.428. The third-order valence-corrected chi connectivity index (χ3v) is 4.24. The van der Waals surface area contributed by atoms with E-state index in [0.717, 1.165) is 16.8 Å². The van der Waals surface area contributed by atoms with Crippen LogP contribution in [0, 0.1) is 6.92 Å². The maximum Gasteiger partial charge on any atom is 0.180 e. The van der Waals surface area contributed by atoms with Gasteiger partial charge >= 0.3 is 0 Å². The highest BCUT2D eigenvalue weighted by atomic mass is 35.5. The standard InChI is InChI=1S/C23H22ClNO2/c1-3-26-22-14-19(15-25-20-7-5-4-6-8-20)13-21(24)23(22)27-16-18-11-9-17(2)10-12-18/h4-15H,3,16H2,1-2H3. The highest BCUT2D eigenvalue weighted by Crippen LogP contribution is 2.37. The fraction of sp³-hybridized carbons (Fsp3) is 0.174. The number of rotatable bonds is 7.